The van der Waals surface area contributed by atoms with E-state index in [-0.39, 0.29) is 17.6 Å². The molecule has 3 aromatic rings. The number of hydrogen-bond acceptors (Lipinski definition) is 3. The number of amides is 2. The van der Waals surface area contributed by atoms with Crippen LogP contribution in [-0.4, -0.2) is 38.4 Å². The number of likely N-dealkylation sites (tertiary alicyclic amines) is 1. The topological polar surface area (TPSA) is 72.2 Å². The predicted molar refractivity (Wildman–Crippen MR) is 108 cm³/mol. The second kappa shape index (κ2) is 7.72. The van der Waals surface area contributed by atoms with E-state index in [0.717, 1.165) is 24.2 Å². The Hall–Kier alpha value is -3.35. The van der Waals surface area contributed by atoms with Crippen LogP contribution in [0.3, 0.4) is 0 Å². The van der Waals surface area contributed by atoms with E-state index in [2.05, 4.69) is 10.4 Å². The molecule has 1 aliphatic heterocycles. The van der Waals surface area contributed by atoms with Crippen molar-refractivity contribution in [1.29, 1.82) is 0 Å². The van der Waals surface area contributed by atoms with Gasteiger partial charge in [-0.1, -0.05) is 36.4 Å². The number of nitrogens with one attached hydrogen (secondary N) is 1. The lowest BCUT2D eigenvalue weighted by Crippen LogP contribution is -2.42. The van der Waals surface area contributed by atoms with Crippen LogP contribution in [-0.2, 0) is 7.05 Å². The Bertz CT molecular complexity index is 1010. The highest BCUT2D eigenvalue weighted by Crippen LogP contribution is 2.27. The molecule has 1 aliphatic rings. The van der Waals surface area contributed by atoms with Gasteiger partial charge in [0.05, 0.1) is 5.69 Å². The first-order valence-electron chi connectivity index (χ1n) is 9.46. The van der Waals surface area contributed by atoms with Gasteiger partial charge in [-0.3, -0.25) is 0 Å². The van der Waals surface area contributed by atoms with Gasteiger partial charge in [0.25, 0.3) is 0 Å². The van der Waals surface area contributed by atoms with Crippen molar-refractivity contribution in [2.24, 2.45) is 7.05 Å². The summed E-state index contributed by atoms with van der Waals surface area (Å²) in [5.74, 6) is 0.709. The summed E-state index contributed by atoms with van der Waals surface area (Å²) < 4.78 is 3.02. The summed E-state index contributed by atoms with van der Waals surface area (Å²) in [6, 6.07) is 18.8. The number of carbonyl (C=O) groups excluding carboxylic acids is 1. The van der Waals surface area contributed by atoms with Gasteiger partial charge in [0.15, 0.2) is 0 Å². The second-order valence-corrected chi connectivity index (χ2v) is 7.02. The molecule has 0 radical (unpaired) electrons. The summed E-state index contributed by atoms with van der Waals surface area (Å²) in [4.78, 5) is 27.2. The largest absolute Gasteiger partial charge is 0.350 e. The van der Waals surface area contributed by atoms with Crippen molar-refractivity contribution in [2.75, 3.05) is 18.4 Å². The highest BCUT2D eigenvalue weighted by atomic mass is 16.2. The molecule has 0 saturated carbocycles. The van der Waals surface area contributed by atoms with Crippen LogP contribution in [0.1, 0.15) is 24.6 Å². The number of benzene rings is 2. The van der Waals surface area contributed by atoms with E-state index >= 15 is 0 Å². The van der Waals surface area contributed by atoms with Gasteiger partial charge in [-0.2, -0.15) is 5.10 Å². The molecule has 2 aromatic carbocycles. The van der Waals surface area contributed by atoms with Crippen LogP contribution in [0.2, 0.25) is 0 Å². The van der Waals surface area contributed by atoms with Crippen LogP contribution in [0.4, 0.5) is 10.5 Å². The molecule has 1 atom stereocenters. The number of hydrogen-bond donors (Lipinski definition) is 1. The summed E-state index contributed by atoms with van der Waals surface area (Å²) in [6.45, 7) is 1.22. The number of urea groups is 1. The minimum Gasteiger partial charge on any atom is -0.324 e. The van der Waals surface area contributed by atoms with Crippen molar-refractivity contribution in [1.82, 2.24) is 19.2 Å². The van der Waals surface area contributed by atoms with Crippen LogP contribution >= 0.6 is 0 Å². The van der Waals surface area contributed by atoms with Crippen LogP contribution in [0.15, 0.2) is 65.5 Å². The van der Waals surface area contributed by atoms with Crippen molar-refractivity contribution in [3.8, 4) is 5.69 Å². The summed E-state index contributed by atoms with van der Waals surface area (Å²) >= 11 is 0. The third-order valence-electron chi connectivity index (χ3n) is 5.06. The fourth-order valence-corrected chi connectivity index (χ4v) is 3.66. The van der Waals surface area contributed by atoms with Gasteiger partial charge in [0.2, 0.25) is 0 Å². The molecule has 7 nitrogen and oxygen atoms in total. The maximum absolute atomic E-state index is 12.7. The third kappa shape index (κ3) is 3.55. The first kappa shape index (κ1) is 18.0. The molecule has 2 heterocycles. The summed E-state index contributed by atoms with van der Waals surface area (Å²) in [6.07, 6.45) is 1.75. The molecule has 0 aliphatic carbocycles. The predicted octanol–water partition coefficient (Wildman–Crippen LogP) is 2.98. The molecular formula is C21H23N5O2. The van der Waals surface area contributed by atoms with Crippen molar-refractivity contribution in [3.63, 3.8) is 0 Å². The van der Waals surface area contributed by atoms with E-state index in [1.54, 1.807) is 16.5 Å². The molecule has 144 valence electrons. The maximum Gasteiger partial charge on any atom is 0.350 e. The van der Waals surface area contributed by atoms with Crippen molar-refractivity contribution < 1.29 is 4.79 Å². The highest BCUT2D eigenvalue weighted by molar-refractivity contribution is 5.89. The molecule has 28 heavy (non-hydrogen) atoms. The molecule has 0 spiro atoms. The molecule has 0 unspecified atom stereocenters. The number of anilines is 1. The molecule has 1 aromatic heterocycles. The number of aromatic nitrogens is 3. The third-order valence-corrected chi connectivity index (χ3v) is 5.06. The molecular weight excluding hydrogens is 354 g/mol. The average Bonchev–Trinajstić information content (AvgIpc) is 3.04. The molecule has 1 N–H and O–H groups in total. The summed E-state index contributed by atoms with van der Waals surface area (Å²) in [5, 5.41) is 7.44. The Kier molecular flexibility index (Phi) is 4.97. The average molecular weight is 377 g/mol. The molecule has 2 amide bonds. The Morgan fingerprint density at radius 2 is 1.75 bits per heavy atom. The van der Waals surface area contributed by atoms with Gasteiger partial charge in [-0.15, -0.1) is 0 Å². The van der Waals surface area contributed by atoms with Crippen molar-refractivity contribution >= 4 is 11.7 Å². The van der Waals surface area contributed by atoms with E-state index in [1.807, 2.05) is 60.7 Å². The van der Waals surface area contributed by atoms with Crippen LogP contribution in [0.25, 0.3) is 5.69 Å². The molecule has 0 bridgehead atoms. The van der Waals surface area contributed by atoms with Gasteiger partial charge in [0.1, 0.15) is 5.82 Å². The zero-order chi connectivity index (χ0) is 19.5. The van der Waals surface area contributed by atoms with E-state index < -0.39 is 0 Å². The zero-order valence-corrected chi connectivity index (χ0v) is 15.8. The number of para-hydroxylation sites is 2. The fourth-order valence-electron chi connectivity index (χ4n) is 3.66. The van der Waals surface area contributed by atoms with Crippen LogP contribution in [0.5, 0.6) is 0 Å². The Morgan fingerprint density at radius 1 is 1.07 bits per heavy atom. The lowest BCUT2D eigenvalue weighted by Gasteiger charge is -2.32. The lowest BCUT2D eigenvalue weighted by molar-refractivity contribution is 0.191. The van der Waals surface area contributed by atoms with E-state index in [4.69, 9.17) is 0 Å². The SMILES string of the molecule is Cn1nc([C@@H]2CCCN(C(=O)Nc3ccccc3)C2)n(-c2ccccc2)c1=O. The first-order chi connectivity index (χ1) is 13.6. The lowest BCUT2D eigenvalue weighted by atomic mass is 9.97. The van der Waals surface area contributed by atoms with E-state index in [1.165, 1.54) is 4.68 Å². The van der Waals surface area contributed by atoms with Crippen LogP contribution < -0.4 is 11.0 Å². The monoisotopic (exact) mass is 377 g/mol. The quantitative estimate of drug-likeness (QED) is 0.763. The normalized spacial score (nSPS) is 16.8. The Balaban J connectivity index is 1.58. The van der Waals surface area contributed by atoms with E-state index in [0.29, 0.717) is 18.9 Å². The minimum atomic E-state index is -0.174. The Labute approximate surface area is 163 Å². The first-order valence-corrected chi connectivity index (χ1v) is 9.46. The van der Waals surface area contributed by atoms with Crippen molar-refractivity contribution in [2.45, 2.75) is 18.8 Å². The van der Waals surface area contributed by atoms with Crippen LogP contribution in [0, 0.1) is 0 Å². The maximum atomic E-state index is 12.7. The van der Waals surface area contributed by atoms with Gasteiger partial charge in [0, 0.05) is 31.7 Å². The van der Waals surface area contributed by atoms with Gasteiger partial charge < -0.3 is 10.2 Å². The highest BCUT2D eigenvalue weighted by Gasteiger charge is 2.29. The zero-order valence-electron chi connectivity index (χ0n) is 15.8. The van der Waals surface area contributed by atoms with Gasteiger partial charge in [-0.25, -0.2) is 18.8 Å². The van der Waals surface area contributed by atoms with Gasteiger partial charge in [-0.05, 0) is 37.1 Å². The van der Waals surface area contributed by atoms with Gasteiger partial charge >= 0.3 is 11.7 Å². The minimum absolute atomic E-state index is 0.00406. The fraction of sp³-hybridized carbons (Fsp3) is 0.286. The number of carbonyl (C=O) groups is 1. The molecule has 1 fully saturated rings. The molecule has 1 saturated heterocycles. The summed E-state index contributed by atoms with van der Waals surface area (Å²) in [7, 11) is 1.66. The standard InChI is InChI=1S/C21H23N5O2/c1-24-21(28)26(18-12-6-3-7-13-18)19(23-24)16-9-8-14-25(15-16)20(27)22-17-10-4-2-5-11-17/h2-7,10-13,16H,8-9,14-15H2,1H3,(H,22,27)/t16-/m1/s1. The Morgan fingerprint density at radius 3 is 2.46 bits per heavy atom. The molecule has 4 rings (SSSR count). The number of aryl methyl sites for hydroxylation is 1. The smallest absolute Gasteiger partial charge is 0.324 e. The second-order valence-electron chi connectivity index (χ2n) is 7.02. The number of piperidine rings is 1. The summed E-state index contributed by atoms with van der Waals surface area (Å²) in [5.41, 5.74) is 1.39. The number of rotatable bonds is 3. The van der Waals surface area contributed by atoms with Crippen molar-refractivity contribution in [3.05, 3.63) is 77.0 Å². The number of nitrogens with zero attached hydrogens (tertiary/aromatic N) is 4. The molecule has 7 heteroatoms. The van der Waals surface area contributed by atoms with E-state index in [9.17, 15) is 9.59 Å².